The number of pyridine rings is 1. The first-order valence-electron chi connectivity index (χ1n) is 12.9. The van der Waals surface area contributed by atoms with Gasteiger partial charge in [-0.1, -0.05) is 46.9 Å². The fourth-order valence-electron chi connectivity index (χ4n) is 5.69. The van der Waals surface area contributed by atoms with Crippen molar-refractivity contribution in [2.75, 3.05) is 5.32 Å². The molecule has 3 aromatic rings. The summed E-state index contributed by atoms with van der Waals surface area (Å²) in [5, 5.41) is 15.7. The van der Waals surface area contributed by atoms with Crippen LogP contribution < -0.4 is 10.6 Å². The zero-order valence-corrected chi connectivity index (χ0v) is 24.4. The Labute approximate surface area is 250 Å². The van der Waals surface area contributed by atoms with Gasteiger partial charge in [-0.2, -0.15) is 0 Å². The number of halogens is 3. The predicted molar refractivity (Wildman–Crippen MR) is 156 cm³/mol. The number of amides is 2. The minimum atomic E-state index is -1.11. The number of benzene rings is 1. The number of carboxylic acid groups (broad SMARTS) is 1. The molecule has 4 heterocycles. The van der Waals surface area contributed by atoms with Gasteiger partial charge in [0.2, 0.25) is 5.91 Å². The van der Waals surface area contributed by atoms with Crippen molar-refractivity contribution in [3.8, 4) is 0 Å². The summed E-state index contributed by atoms with van der Waals surface area (Å²) in [5.41, 5.74) is 1.29. The van der Waals surface area contributed by atoms with Gasteiger partial charge in [-0.25, -0.2) is 4.79 Å². The van der Waals surface area contributed by atoms with E-state index in [4.69, 9.17) is 34.8 Å². The molecule has 1 saturated carbocycles. The summed E-state index contributed by atoms with van der Waals surface area (Å²) in [4.78, 5) is 45.5. The van der Waals surface area contributed by atoms with E-state index < -0.39 is 17.9 Å². The number of anilines is 1. The van der Waals surface area contributed by atoms with Crippen molar-refractivity contribution >= 4 is 69.6 Å². The third-order valence-corrected chi connectivity index (χ3v) is 9.39. The number of aliphatic carboxylic acids is 1. The molecule has 2 aliphatic heterocycles. The maximum atomic E-state index is 13.6. The summed E-state index contributed by atoms with van der Waals surface area (Å²) in [7, 11) is 0. The summed E-state index contributed by atoms with van der Waals surface area (Å²) >= 11 is 19.8. The molecule has 40 heavy (non-hydrogen) atoms. The van der Waals surface area contributed by atoms with Crippen LogP contribution in [0.15, 0.2) is 48.8 Å². The largest absolute Gasteiger partial charge is 0.480 e. The number of carbonyl (C=O) groups is 3. The van der Waals surface area contributed by atoms with Crippen LogP contribution >= 0.6 is 46.1 Å². The molecule has 3 aliphatic rings. The van der Waals surface area contributed by atoms with Crippen LogP contribution in [0.4, 0.5) is 5.69 Å². The minimum absolute atomic E-state index is 0.0959. The first-order valence-corrected chi connectivity index (χ1v) is 14.9. The fourth-order valence-corrected chi connectivity index (χ4v) is 7.33. The Hall–Kier alpha value is -2.69. The molecule has 2 atom stereocenters. The predicted octanol–water partition coefficient (Wildman–Crippen LogP) is 5.91. The molecule has 210 valence electrons. The molecule has 2 saturated heterocycles. The Bertz CT molecular complexity index is 1390. The molecule has 1 unspecified atom stereocenters. The molecule has 1 aromatic carbocycles. The molecule has 2 aromatic heterocycles. The van der Waals surface area contributed by atoms with Gasteiger partial charge in [0.25, 0.3) is 5.91 Å². The molecule has 1 aliphatic carbocycles. The SMILES string of the molecule is O=C(Nc1ccc(C[C@H](NC(=O)C2C3CCC(CC3)N2Cc2ccc(Cl)s2)C(=O)O)cc1)c1c(Cl)cncc1Cl. The van der Waals surface area contributed by atoms with Gasteiger partial charge in [0.15, 0.2) is 0 Å². The number of rotatable bonds is 9. The van der Waals surface area contributed by atoms with E-state index in [1.807, 2.05) is 12.1 Å². The molecule has 8 nitrogen and oxygen atoms in total. The average molecular weight is 622 g/mol. The minimum Gasteiger partial charge on any atom is -0.480 e. The Morgan fingerprint density at radius 1 is 1.00 bits per heavy atom. The van der Waals surface area contributed by atoms with E-state index in [0.717, 1.165) is 30.6 Å². The molecule has 2 bridgehead atoms. The van der Waals surface area contributed by atoms with Crippen LogP contribution in [0, 0.1) is 5.92 Å². The lowest BCUT2D eigenvalue weighted by Gasteiger charge is -2.50. The lowest BCUT2D eigenvalue weighted by atomic mass is 9.74. The average Bonchev–Trinajstić information content (AvgIpc) is 3.34. The summed E-state index contributed by atoms with van der Waals surface area (Å²) in [6.45, 7) is 0.622. The quantitative estimate of drug-likeness (QED) is 0.274. The Balaban J connectivity index is 1.25. The highest BCUT2D eigenvalue weighted by molar-refractivity contribution is 7.16. The number of carboxylic acids is 1. The van der Waals surface area contributed by atoms with Gasteiger partial charge in [-0.05, 0) is 61.4 Å². The monoisotopic (exact) mass is 620 g/mol. The van der Waals surface area contributed by atoms with Crippen LogP contribution in [-0.4, -0.2) is 50.9 Å². The Morgan fingerprint density at radius 3 is 2.27 bits per heavy atom. The molecular weight excluding hydrogens is 595 g/mol. The van der Waals surface area contributed by atoms with Crippen LogP contribution in [0.5, 0.6) is 0 Å². The van der Waals surface area contributed by atoms with Crippen LogP contribution in [0.3, 0.4) is 0 Å². The lowest BCUT2D eigenvalue weighted by molar-refractivity contribution is -0.145. The number of aromatic nitrogens is 1. The topological polar surface area (TPSA) is 112 Å². The number of hydrogen-bond donors (Lipinski definition) is 3. The third-order valence-electron chi connectivity index (χ3n) is 7.60. The molecule has 0 radical (unpaired) electrons. The number of nitrogens with one attached hydrogen (secondary N) is 2. The highest BCUT2D eigenvalue weighted by Gasteiger charge is 2.46. The zero-order chi connectivity index (χ0) is 28.4. The summed E-state index contributed by atoms with van der Waals surface area (Å²) in [6, 6.07) is 9.41. The van der Waals surface area contributed by atoms with Gasteiger partial charge in [-0.15, -0.1) is 11.3 Å². The van der Waals surface area contributed by atoms with Crippen molar-refractivity contribution in [1.82, 2.24) is 15.2 Å². The summed E-state index contributed by atoms with van der Waals surface area (Å²) < 4.78 is 0.708. The summed E-state index contributed by atoms with van der Waals surface area (Å²) in [5.74, 6) is -1.65. The highest BCUT2D eigenvalue weighted by atomic mass is 35.5. The number of carbonyl (C=O) groups excluding carboxylic acids is 2. The molecule has 0 spiro atoms. The Morgan fingerprint density at radius 2 is 1.68 bits per heavy atom. The number of thiophene rings is 1. The van der Waals surface area contributed by atoms with Crippen molar-refractivity contribution in [2.45, 2.75) is 56.8 Å². The van der Waals surface area contributed by atoms with Gasteiger partial charge in [-0.3, -0.25) is 19.5 Å². The van der Waals surface area contributed by atoms with E-state index in [1.54, 1.807) is 24.3 Å². The third kappa shape index (κ3) is 6.44. The van der Waals surface area contributed by atoms with E-state index in [1.165, 1.54) is 23.7 Å². The van der Waals surface area contributed by atoms with Crippen molar-refractivity contribution in [3.05, 3.63) is 79.2 Å². The molecule has 12 heteroatoms. The van der Waals surface area contributed by atoms with Crippen LogP contribution in [0.25, 0.3) is 0 Å². The van der Waals surface area contributed by atoms with Crippen LogP contribution in [-0.2, 0) is 22.6 Å². The van der Waals surface area contributed by atoms with Gasteiger partial charge >= 0.3 is 5.97 Å². The van der Waals surface area contributed by atoms with Gasteiger partial charge < -0.3 is 15.7 Å². The normalized spacial score (nSPS) is 21.1. The number of nitrogens with zero attached hydrogens (tertiary/aromatic N) is 2. The molecular formula is C28H27Cl3N4O4S. The van der Waals surface area contributed by atoms with E-state index in [9.17, 15) is 19.5 Å². The second-order valence-electron chi connectivity index (χ2n) is 10.1. The lowest BCUT2D eigenvalue weighted by Crippen LogP contribution is -2.62. The van der Waals surface area contributed by atoms with Gasteiger partial charge in [0, 0.05) is 42.0 Å². The second kappa shape index (κ2) is 12.4. The highest BCUT2D eigenvalue weighted by Crippen LogP contribution is 2.41. The number of fused-ring (bicyclic) bond motifs is 3. The van der Waals surface area contributed by atoms with E-state index in [-0.39, 0.29) is 39.9 Å². The molecule has 6 rings (SSSR count). The second-order valence-corrected chi connectivity index (χ2v) is 12.7. The standard InChI is InChI=1S/C28H27Cl3N4O4S/c29-20-12-32-13-21(30)24(20)26(36)33-17-5-1-15(2-6-17)11-22(28(38)39)34-27(37)25-16-3-7-18(8-4-16)35(25)14-19-9-10-23(31)40-19/h1-2,5-6,9-10,12-13,16,18,22,25H,3-4,7-8,11,14H2,(H,33,36)(H,34,37)(H,38,39)/t16?,18?,22-,25?/m0/s1. The van der Waals surface area contributed by atoms with Crippen molar-refractivity contribution in [3.63, 3.8) is 0 Å². The van der Waals surface area contributed by atoms with Crippen molar-refractivity contribution < 1.29 is 19.5 Å². The van der Waals surface area contributed by atoms with E-state index in [0.29, 0.717) is 28.2 Å². The van der Waals surface area contributed by atoms with E-state index in [2.05, 4.69) is 20.5 Å². The maximum absolute atomic E-state index is 13.6. The van der Waals surface area contributed by atoms with Gasteiger partial charge in [0.1, 0.15) is 6.04 Å². The smallest absolute Gasteiger partial charge is 0.326 e. The van der Waals surface area contributed by atoms with Crippen molar-refractivity contribution in [2.24, 2.45) is 5.92 Å². The molecule has 3 fully saturated rings. The zero-order valence-electron chi connectivity index (χ0n) is 21.3. The van der Waals surface area contributed by atoms with E-state index >= 15 is 0 Å². The Kier molecular flexibility index (Phi) is 8.97. The first kappa shape index (κ1) is 28.8. The maximum Gasteiger partial charge on any atom is 0.326 e. The molecule has 2 amide bonds. The summed E-state index contributed by atoms with van der Waals surface area (Å²) in [6.07, 6.45) is 6.77. The van der Waals surface area contributed by atoms with Crippen LogP contribution in [0.1, 0.15) is 46.5 Å². The first-order chi connectivity index (χ1) is 19.2. The number of piperidine rings is 2. The molecule has 3 N–H and O–H groups in total. The number of hydrogen-bond acceptors (Lipinski definition) is 6. The van der Waals surface area contributed by atoms with Crippen LogP contribution in [0.2, 0.25) is 14.4 Å². The van der Waals surface area contributed by atoms with Gasteiger partial charge in [0.05, 0.1) is 26.0 Å². The van der Waals surface area contributed by atoms with Crippen molar-refractivity contribution in [1.29, 1.82) is 0 Å². The fraction of sp³-hybridized carbons (Fsp3) is 0.357.